The van der Waals surface area contributed by atoms with Gasteiger partial charge in [0, 0.05) is 28.6 Å². The number of furan rings is 1. The summed E-state index contributed by atoms with van der Waals surface area (Å²) in [7, 11) is 5.12. The lowest BCUT2D eigenvalue weighted by molar-refractivity contribution is -0.117. The highest BCUT2D eigenvalue weighted by Gasteiger charge is 2.14. The van der Waals surface area contributed by atoms with Crippen molar-refractivity contribution >= 4 is 33.5 Å². The van der Waals surface area contributed by atoms with Gasteiger partial charge in [0.15, 0.2) is 11.5 Å². The van der Waals surface area contributed by atoms with Crippen LogP contribution in [-0.2, 0) is 11.3 Å². The molecule has 0 unspecified atom stereocenters. The topological polar surface area (TPSA) is 63.9 Å². The lowest BCUT2D eigenvalue weighted by atomic mass is 10.1. The first kappa shape index (κ1) is 19.8. The van der Waals surface area contributed by atoms with Crippen LogP contribution in [0, 0.1) is 0 Å². The summed E-state index contributed by atoms with van der Waals surface area (Å²) in [5.41, 5.74) is 3.34. The number of likely N-dealkylation sites (N-methyl/N-ethyl adjacent to an activating group) is 1. The first-order valence-corrected chi connectivity index (χ1v) is 9.68. The maximum Gasteiger partial charge on any atom is 0.238 e. The van der Waals surface area contributed by atoms with Crippen molar-refractivity contribution < 1.29 is 18.7 Å². The van der Waals surface area contributed by atoms with Gasteiger partial charge in [0.1, 0.15) is 11.2 Å². The predicted octanol–water partition coefficient (Wildman–Crippen LogP) is 4.67. The number of hydrogen-bond donors (Lipinski definition) is 1. The van der Waals surface area contributed by atoms with Crippen LogP contribution in [-0.4, -0.2) is 38.6 Å². The van der Waals surface area contributed by atoms with Crippen molar-refractivity contribution in [1.82, 2.24) is 4.90 Å². The van der Waals surface area contributed by atoms with Crippen molar-refractivity contribution in [3.63, 3.8) is 0 Å². The van der Waals surface area contributed by atoms with Gasteiger partial charge in [0.2, 0.25) is 5.91 Å². The highest BCUT2D eigenvalue weighted by Crippen LogP contribution is 2.32. The smallest absolute Gasteiger partial charge is 0.238 e. The lowest BCUT2D eigenvalue weighted by Crippen LogP contribution is -2.30. The molecule has 0 aliphatic carbocycles. The van der Waals surface area contributed by atoms with E-state index in [1.807, 2.05) is 72.6 Å². The average molecular weight is 404 g/mol. The standard InChI is InChI=1S/C24H24N2O4/c1-26(14-16-7-6-10-22(28-2)24(16)29-3)15-23(27)25-17-11-12-21-19(13-17)18-8-4-5-9-20(18)30-21/h4-13H,14-15H2,1-3H3,(H,25,27). The molecule has 1 aromatic heterocycles. The van der Waals surface area contributed by atoms with Crippen molar-refractivity contribution in [2.75, 3.05) is 33.1 Å². The lowest BCUT2D eigenvalue weighted by Gasteiger charge is -2.19. The van der Waals surface area contributed by atoms with Gasteiger partial charge >= 0.3 is 0 Å². The normalized spacial score (nSPS) is 11.2. The Morgan fingerprint density at radius 1 is 0.967 bits per heavy atom. The molecule has 0 fully saturated rings. The Balaban J connectivity index is 1.45. The maximum absolute atomic E-state index is 12.6. The number of fused-ring (bicyclic) bond motifs is 3. The van der Waals surface area contributed by atoms with E-state index in [0.29, 0.717) is 18.0 Å². The molecule has 0 spiro atoms. The number of benzene rings is 3. The van der Waals surface area contributed by atoms with E-state index < -0.39 is 0 Å². The van der Waals surface area contributed by atoms with Crippen molar-refractivity contribution in [3.05, 3.63) is 66.2 Å². The minimum Gasteiger partial charge on any atom is -0.493 e. The number of anilines is 1. The third-order valence-corrected chi connectivity index (χ3v) is 5.00. The molecule has 4 aromatic rings. The molecule has 1 N–H and O–H groups in total. The first-order chi connectivity index (χ1) is 14.6. The van der Waals surface area contributed by atoms with Crippen LogP contribution in [0.25, 0.3) is 21.9 Å². The molecule has 0 saturated heterocycles. The number of para-hydroxylation sites is 2. The number of carbonyl (C=O) groups is 1. The number of methoxy groups -OCH3 is 2. The predicted molar refractivity (Wildman–Crippen MR) is 118 cm³/mol. The largest absolute Gasteiger partial charge is 0.493 e. The van der Waals surface area contributed by atoms with Crippen molar-refractivity contribution in [3.8, 4) is 11.5 Å². The average Bonchev–Trinajstić information content (AvgIpc) is 3.11. The number of carbonyl (C=O) groups excluding carboxylic acids is 1. The summed E-state index contributed by atoms with van der Waals surface area (Å²) in [6, 6.07) is 19.3. The van der Waals surface area contributed by atoms with Crippen LogP contribution in [0.5, 0.6) is 11.5 Å². The maximum atomic E-state index is 12.6. The second-order valence-corrected chi connectivity index (χ2v) is 7.18. The van der Waals surface area contributed by atoms with Gasteiger partial charge in [-0.25, -0.2) is 0 Å². The quantitative estimate of drug-likeness (QED) is 0.485. The van der Waals surface area contributed by atoms with Gasteiger partial charge < -0.3 is 19.2 Å². The van der Waals surface area contributed by atoms with E-state index in [1.54, 1.807) is 14.2 Å². The molecular weight excluding hydrogens is 380 g/mol. The second kappa shape index (κ2) is 8.47. The van der Waals surface area contributed by atoms with E-state index >= 15 is 0 Å². The number of amides is 1. The Morgan fingerprint density at radius 2 is 1.77 bits per heavy atom. The molecule has 4 rings (SSSR count). The van der Waals surface area contributed by atoms with Gasteiger partial charge in [0.05, 0.1) is 20.8 Å². The SMILES string of the molecule is COc1cccc(CN(C)CC(=O)Nc2ccc3oc4ccccc4c3c2)c1OC. The highest BCUT2D eigenvalue weighted by molar-refractivity contribution is 6.07. The molecule has 3 aromatic carbocycles. The third-order valence-electron chi connectivity index (χ3n) is 5.00. The Kier molecular flexibility index (Phi) is 5.59. The van der Waals surface area contributed by atoms with Gasteiger partial charge in [-0.05, 0) is 37.4 Å². The minimum atomic E-state index is -0.0912. The van der Waals surface area contributed by atoms with Crippen LogP contribution < -0.4 is 14.8 Å². The second-order valence-electron chi connectivity index (χ2n) is 7.18. The van der Waals surface area contributed by atoms with E-state index in [0.717, 1.165) is 33.2 Å². The van der Waals surface area contributed by atoms with E-state index in [-0.39, 0.29) is 12.5 Å². The molecule has 6 heteroatoms. The summed E-state index contributed by atoms with van der Waals surface area (Å²) < 4.78 is 16.7. The minimum absolute atomic E-state index is 0.0912. The van der Waals surface area contributed by atoms with Gasteiger partial charge in [-0.3, -0.25) is 9.69 Å². The van der Waals surface area contributed by atoms with Crippen LogP contribution in [0.4, 0.5) is 5.69 Å². The molecule has 6 nitrogen and oxygen atoms in total. The molecule has 0 aliphatic rings. The summed E-state index contributed by atoms with van der Waals surface area (Å²) in [6.07, 6.45) is 0. The van der Waals surface area contributed by atoms with Crippen molar-refractivity contribution in [2.24, 2.45) is 0 Å². The van der Waals surface area contributed by atoms with Gasteiger partial charge in [-0.1, -0.05) is 30.3 Å². The Morgan fingerprint density at radius 3 is 2.57 bits per heavy atom. The molecule has 0 aliphatic heterocycles. The van der Waals surface area contributed by atoms with Crippen LogP contribution in [0.15, 0.2) is 65.1 Å². The molecule has 0 bridgehead atoms. The van der Waals surface area contributed by atoms with Gasteiger partial charge in [-0.2, -0.15) is 0 Å². The molecule has 1 heterocycles. The zero-order valence-corrected chi connectivity index (χ0v) is 17.3. The molecular formula is C24H24N2O4. The summed E-state index contributed by atoms with van der Waals surface area (Å²) >= 11 is 0. The van der Waals surface area contributed by atoms with E-state index in [2.05, 4.69) is 5.32 Å². The Hall–Kier alpha value is -3.51. The van der Waals surface area contributed by atoms with Gasteiger partial charge in [0.25, 0.3) is 0 Å². The molecule has 30 heavy (non-hydrogen) atoms. The van der Waals surface area contributed by atoms with E-state index in [1.165, 1.54) is 0 Å². The number of nitrogens with zero attached hydrogens (tertiary/aromatic N) is 1. The van der Waals surface area contributed by atoms with Crippen LogP contribution in [0.3, 0.4) is 0 Å². The van der Waals surface area contributed by atoms with Crippen molar-refractivity contribution in [1.29, 1.82) is 0 Å². The fraction of sp³-hybridized carbons (Fsp3) is 0.208. The van der Waals surface area contributed by atoms with Gasteiger partial charge in [-0.15, -0.1) is 0 Å². The van der Waals surface area contributed by atoms with Crippen molar-refractivity contribution in [2.45, 2.75) is 6.54 Å². The number of ether oxygens (including phenoxy) is 2. The van der Waals surface area contributed by atoms with E-state index in [4.69, 9.17) is 13.9 Å². The molecule has 0 atom stereocenters. The Labute approximate surface area is 175 Å². The number of nitrogens with one attached hydrogen (secondary N) is 1. The fourth-order valence-electron chi connectivity index (χ4n) is 3.67. The fourth-order valence-corrected chi connectivity index (χ4v) is 3.67. The molecule has 154 valence electrons. The third kappa shape index (κ3) is 3.95. The number of rotatable bonds is 7. The van der Waals surface area contributed by atoms with E-state index in [9.17, 15) is 4.79 Å². The summed E-state index contributed by atoms with van der Waals surface area (Å²) in [5.74, 6) is 1.27. The molecule has 0 saturated carbocycles. The van der Waals surface area contributed by atoms with Crippen LogP contribution in [0.2, 0.25) is 0 Å². The molecule has 0 radical (unpaired) electrons. The van der Waals surface area contributed by atoms with Crippen LogP contribution in [0.1, 0.15) is 5.56 Å². The van der Waals surface area contributed by atoms with Crippen LogP contribution >= 0.6 is 0 Å². The Bertz CT molecular complexity index is 1200. The highest BCUT2D eigenvalue weighted by atomic mass is 16.5. The number of hydrogen-bond acceptors (Lipinski definition) is 5. The summed E-state index contributed by atoms with van der Waals surface area (Å²) in [6.45, 7) is 0.795. The zero-order chi connectivity index (χ0) is 21.1. The summed E-state index contributed by atoms with van der Waals surface area (Å²) in [5, 5.41) is 5.00. The summed E-state index contributed by atoms with van der Waals surface area (Å²) in [4.78, 5) is 14.5. The zero-order valence-electron chi connectivity index (χ0n) is 17.3. The first-order valence-electron chi connectivity index (χ1n) is 9.68. The molecule has 1 amide bonds. The monoisotopic (exact) mass is 404 g/mol.